The number of aryl methyl sites for hydroxylation is 2. The molecule has 1 N–H and O–H groups in total. The molecular formula is C20H30N4O3S. The smallest absolute Gasteiger partial charge is 0.262 e. The number of hydrogen-bond donors (Lipinski definition) is 1. The van der Waals surface area contributed by atoms with E-state index in [0.29, 0.717) is 28.2 Å². The summed E-state index contributed by atoms with van der Waals surface area (Å²) in [5.41, 5.74) is 0.703. The van der Waals surface area contributed by atoms with Gasteiger partial charge in [-0.05, 0) is 31.9 Å². The fourth-order valence-corrected chi connectivity index (χ4v) is 4.53. The molecule has 1 amide bonds. The molecule has 0 radical (unpaired) electrons. The van der Waals surface area contributed by atoms with Crippen LogP contribution in [-0.4, -0.2) is 59.8 Å². The van der Waals surface area contributed by atoms with Gasteiger partial charge in [-0.1, -0.05) is 19.8 Å². The monoisotopic (exact) mass is 406 g/mol. The Morgan fingerprint density at radius 2 is 2.04 bits per heavy atom. The maximum atomic E-state index is 12.8. The third-order valence-electron chi connectivity index (χ3n) is 5.17. The van der Waals surface area contributed by atoms with Crippen molar-refractivity contribution in [3.63, 3.8) is 0 Å². The van der Waals surface area contributed by atoms with Crippen molar-refractivity contribution in [3.05, 3.63) is 27.1 Å². The molecule has 8 heteroatoms. The van der Waals surface area contributed by atoms with Gasteiger partial charge in [0.2, 0.25) is 0 Å². The van der Waals surface area contributed by atoms with E-state index in [0.717, 1.165) is 64.1 Å². The van der Waals surface area contributed by atoms with Gasteiger partial charge in [0.15, 0.2) is 0 Å². The van der Waals surface area contributed by atoms with Crippen LogP contribution in [0.1, 0.15) is 47.8 Å². The van der Waals surface area contributed by atoms with Crippen molar-refractivity contribution in [1.29, 1.82) is 0 Å². The molecule has 0 aromatic carbocycles. The van der Waals surface area contributed by atoms with Gasteiger partial charge in [-0.25, -0.2) is 4.98 Å². The molecule has 0 bridgehead atoms. The molecule has 0 atom stereocenters. The molecule has 0 spiro atoms. The first kappa shape index (κ1) is 21.0. The SMILES string of the molecule is CCCCCn1cnc2sc(C(=O)NCCCN3CCOCC3)c(C)c2c1=O. The molecule has 0 aliphatic carbocycles. The second kappa shape index (κ2) is 10.1. The highest BCUT2D eigenvalue weighted by Gasteiger charge is 2.19. The van der Waals surface area contributed by atoms with Gasteiger partial charge >= 0.3 is 0 Å². The number of rotatable bonds is 9. The fourth-order valence-electron chi connectivity index (χ4n) is 3.48. The highest BCUT2D eigenvalue weighted by molar-refractivity contribution is 7.20. The van der Waals surface area contributed by atoms with Crippen molar-refractivity contribution in [3.8, 4) is 0 Å². The summed E-state index contributed by atoms with van der Waals surface area (Å²) < 4.78 is 7.01. The van der Waals surface area contributed by atoms with Crippen LogP contribution in [0.25, 0.3) is 10.2 Å². The lowest BCUT2D eigenvalue weighted by atomic mass is 10.2. The summed E-state index contributed by atoms with van der Waals surface area (Å²) in [7, 11) is 0. The van der Waals surface area contributed by atoms with Gasteiger partial charge < -0.3 is 10.1 Å². The molecule has 2 aromatic heterocycles. The lowest BCUT2D eigenvalue weighted by molar-refractivity contribution is 0.0374. The predicted octanol–water partition coefficient (Wildman–Crippen LogP) is 2.41. The second-order valence-electron chi connectivity index (χ2n) is 7.25. The number of thiophene rings is 1. The number of unbranched alkanes of at least 4 members (excludes halogenated alkanes) is 2. The largest absolute Gasteiger partial charge is 0.379 e. The van der Waals surface area contributed by atoms with Crippen LogP contribution in [0.2, 0.25) is 0 Å². The van der Waals surface area contributed by atoms with Crippen molar-refractivity contribution in [1.82, 2.24) is 19.8 Å². The zero-order valence-corrected chi connectivity index (χ0v) is 17.6. The lowest BCUT2D eigenvalue weighted by Crippen LogP contribution is -2.38. The van der Waals surface area contributed by atoms with Crippen LogP contribution in [0.3, 0.4) is 0 Å². The number of carbonyl (C=O) groups excluding carboxylic acids is 1. The highest BCUT2D eigenvalue weighted by atomic mass is 32.1. The van der Waals surface area contributed by atoms with Gasteiger partial charge in [0.1, 0.15) is 4.83 Å². The number of amides is 1. The zero-order chi connectivity index (χ0) is 19.9. The number of fused-ring (bicyclic) bond motifs is 1. The molecule has 0 saturated carbocycles. The molecule has 154 valence electrons. The van der Waals surface area contributed by atoms with Gasteiger partial charge in [-0.2, -0.15) is 0 Å². The van der Waals surface area contributed by atoms with E-state index in [-0.39, 0.29) is 11.5 Å². The molecule has 3 rings (SSSR count). The van der Waals surface area contributed by atoms with Crippen LogP contribution in [0.4, 0.5) is 0 Å². The Balaban J connectivity index is 1.62. The number of morpholine rings is 1. The molecule has 1 aliphatic rings. The van der Waals surface area contributed by atoms with E-state index in [4.69, 9.17) is 4.74 Å². The molecular weight excluding hydrogens is 376 g/mol. The first-order valence-electron chi connectivity index (χ1n) is 10.2. The summed E-state index contributed by atoms with van der Waals surface area (Å²) in [5, 5.41) is 3.58. The van der Waals surface area contributed by atoms with E-state index in [1.165, 1.54) is 11.3 Å². The van der Waals surface area contributed by atoms with E-state index in [1.807, 2.05) is 6.92 Å². The predicted molar refractivity (Wildman–Crippen MR) is 112 cm³/mol. The van der Waals surface area contributed by atoms with Crippen LogP contribution in [0.15, 0.2) is 11.1 Å². The molecule has 1 fully saturated rings. The Morgan fingerprint density at radius 1 is 1.25 bits per heavy atom. The Labute approximate surface area is 169 Å². The number of hydrogen-bond acceptors (Lipinski definition) is 6. The number of ether oxygens (including phenoxy) is 1. The molecule has 7 nitrogen and oxygen atoms in total. The van der Waals surface area contributed by atoms with Gasteiger partial charge in [-0.3, -0.25) is 19.1 Å². The van der Waals surface area contributed by atoms with E-state index >= 15 is 0 Å². The summed E-state index contributed by atoms with van der Waals surface area (Å²) in [6.45, 7) is 9.73. The zero-order valence-electron chi connectivity index (χ0n) is 16.8. The van der Waals surface area contributed by atoms with E-state index in [2.05, 4.69) is 22.1 Å². The van der Waals surface area contributed by atoms with Crippen LogP contribution in [0.5, 0.6) is 0 Å². The molecule has 28 heavy (non-hydrogen) atoms. The molecule has 0 unspecified atom stereocenters. The Kier molecular flexibility index (Phi) is 7.58. The van der Waals surface area contributed by atoms with Gasteiger partial charge in [-0.15, -0.1) is 11.3 Å². The number of nitrogens with one attached hydrogen (secondary N) is 1. The third kappa shape index (κ3) is 4.98. The molecule has 3 heterocycles. The van der Waals surface area contributed by atoms with Crippen LogP contribution in [0, 0.1) is 6.92 Å². The van der Waals surface area contributed by atoms with Crippen molar-refractivity contribution in [2.75, 3.05) is 39.4 Å². The summed E-state index contributed by atoms with van der Waals surface area (Å²) in [5.74, 6) is -0.112. The van der Waals surface area contributed by atoms with Gasteiger partial charge in [0.05, 0.1) is 29.8 Å². The van der Waals surface area contributed by atoms with Crippen LogP contribution >= 0.6 is 11.3 Å². The van der Waals surface area contributed by atoms with Gasteiger partial charge in [0, 0.05) is 26.2 Å². The fraction of sp³-hybridized carbons (Fsp3) is 0.650. The van der Waals surface area contributed by atoms with Gasteiger partial charge in [0.25, 0.3) is 11.5 Å². The summed E-state index contributed by atoms with van der Waals surface area (Å²) in [6.07, 6.45) is 5.67. The Bertz CT molecular complexity index is 855. The standard InChI is InChI=1S/C20H30N4O3S/c1-3-4-5-9-24-14-22-19-16(20(24)26)15(2)17(28-19)18(25)21-7-6-8-23-10-12-27-13-11-23/h14H,3-13H2,1-2H3,(H,21,25). The number of nitrogens with zero attached hydrogens (tertiary/aromatic N) is 3. The van der Waals surface area contributed by atoms with Crippen molar-refractivity contribution in [2.24, 2.45) is 0 Å². The van der Waals surface area contributed by atoms with E-state index < -0.39 is 0 Å². The van der Waals surface area contributed by atoms with E-state index in [9.17, 15) is 9.59 Å². The van der Waals surface area contributed by atoms with Crippen LogP contribution in [-0.2, 0) is 11.3 Å². The van der Waals surface area contributed by atoms with Crippen molar-refractivity contribution in [2.45, 2.75) is 46.1 Å². The first-order chi connectivity index (χ1) is 13.6. The minimum atomic E-state index is -0.112. The Hall–Kier alpha value is -1.77. The van der Waals surface area contributed by atoms with Crippen molar-refractivity contribution < 1.29 is 9.53 Å². The number of carbonyl (C=O) groups is 1. The minimum Gasteiger partial charge on any atom is -0.379 e. The summed E-state index contributed by atoms with van der Waals surface area (Å²) >= 11 is 1.31. The normalized spacial score (nSPS) is 15.2. The summed E-state index contributed by atoms with van der Waals surface area (Å²) in [4.78, 5) is 33.4. The average Bonchev–Trinajstić information content (AvgIpc) is 3.05. The highest BCUT2D eigenvalue weighted by Crippen LogP contribution is 2.26. The average molecular weight is 407 g/mol. The van der Waals surface area contributed by atoms with E-state index in [1.54, 1.807) is 10.9 Å². The third-order valence-corrected chi connectivity index (χ3v) is 6.37. The Morgan fingerprint density at radius 3 is 2.79 bits per heavy atom. The maximum absolute atomic E-state index is 12.8. The number of aromatic nitrogens is 2. The molecule has 1 saturated heterocycles. The maximum Gasteiger partial charge on any atom is 0.262 e. The molecule has 1 aliphatic heterocycles. The molecule has 2 aromatic rings. The minimum absolute atomic E-state index is 0.0405. The summed E-state index contributed by atoms with van der Waals surface area (Å²) in [6, 6.07) is 0. The van der Waals surface area contributed by atoms with Crippen molar-refractivity contribution >= 4 is 27.5 Å². The quantitative estimate of drug-likeness (QED) is 0.647. The second-order valence-corrected chi connectivity index (χ2v) is 8.25. The first-order valence-corrected chi connectivity index (χ1v) is 11.0. The lowest BCUT2D eigenvalue weighted by Gasteiger charge is -2.26. The topological polar surface area (TPSA) is 76.5 Å². The van der Waals surface area contributed by atoms with Crippen LogP contribution < -0.4 is 10.9 Å².